The Hall–Kier alpha value is -0.610. The fourth-order valence-corrected chi connectivity index (χ4v) is 1.60. The molecular formula is C7H3BrClFN2. The lowest BCUT2D eigenvalue weighted by Gasteiger charge is -1.92. The van der Waals surface area contributed by atoms with Gasteiger partial charge in [-0.1, -0.05) is 0 Å². The first kappa shape index (κ1) is 8.01. The Kier molecular flexibility index (Phi) is 1.81. The predicted molar refractivity (Wildman–Crippen MR) is 48.8 cm³/mol. The molecule has 2 rings (SSSR count). The molecule has 0 saturated carbocycles. The van der Waals surface area contributed by atoms with Crippen LogP contribution in [0.15, 0.2) is 16.6 Å². The number of imidazole rings is 1. The summed E-state index contributed by atoms with van der Waals surface area (Å²) in [5.41, 5.74) is 0.842. The third-order valence-electron chi connectivity index (χ3n) is 1.52. The van der Waals surface area contributed by atoms with Crippen molar-refractivity contribution in [2.75, 3.05) is 0 Å². The molecule has 0 bridgehead atoms. The molecule has 0 aliphatic rings. The van der Waals surface area contributed by atoms with Crippen LogP contribution in [0.1, 0.15) is 0 Å². The Balaban J connectivity index is 2.93. The molecule has 0 aliphatic carbocycles. The van der Waals surface area contributed by atoms with E-state index in [1.165, 1.54) is 6.07 Å². The number of halogens is 3. The van der Waals surface area contributed by atoms with Crippen LogP contribution in [0.2, 0.25) is 5.28 Å². The van der Waals surface area contributed by atoms with Gasteiger partial charge in [-0.15, -0.1) is 0 Å². The van der Waals surface area contributed by atoms with E-state index in [1.54, 1.807) is 6.07 Å². The van der Waals surface area contributed by atoms with Crippen molar-refractivity contribution >= 4 is 38.6 Å². The largest absolute Gasteiger partial charge is 0.328 e. The van der Waals surface area contributed by atoms with Crippen molar-refractivity contribution in [3.05, 3.63) is 27.7 Å². The smallest absolute Gasteiger partial charge is 0.201 e. The summed E-state index contributed by atoms with van der Waals surface area (Å²) >= 11 is 8.82. The summed E-state index contributed by atoms with van der Waals surface area (Å²) in [6.07, 6.45) is 0. The fraction of sp³-hybridized carbons (Fsp3) is 0. The van der Waals surface area contributed by atoms with Crippen molar-refractivity contribution in [2.24, 2.45) is 0 Å². The van der Waals surface area contributed by atoms with Crippen molar-refractivity contribution in [3.63, 3.8) is 0 Å². The second-order valence-electron chi connectivity index (χ2n) is 2.28. The zero-order valence-corrected chi connectivity index (χ0v) is 8.08. The minimum atomic E-state index is -0.378. The number of rotatable bonds is 0. The highest BCUT2D eigenvalue weighted by Gasteiger charge is 2.08. The van der Waals surface area contributed by atoms with E-state index in [2.05, 4.69) is 25.9 Å². The minimum Gasteiger partial charge on any atom is -0.328 e. The standard InChI is InChI=1S/C7H3BrClFN2/c8-3-1-2-4(10)6-5(3)11-7(9)12-6/h1-2H,(H,11,12). The van der Waals surface area contributed by atoms with E-state index in [0.29, 0.717) is 5.52 Å². The Morgan fingerprint density at radius 3 is 2.92 bits per heavy atom. The van der Waals surface area contributed by atoms with Gasteiger partial charge in [0.1, 0.15) is 5.52 Å². The first-order valence-electron chi connectivity index (χ1n) is 3.17. The van der Waals surface area contributed by atoms with Gasteiger partial charge in [0, 0.05) is 4.47 Å². The molecule has 0 radical (unpaired) electrons. The summed E-state index contributed by atoms with van der Waals surface area (Å²) in [5, 5.41) is 0.191. The highest BCUT2D eigenvalue weighted by molar-refractivity contribution is 9.10. The second-order valence-corrected chi connectivity index (χ2v) is 3.49. The molecule has 1 aromatic heterocycles. The Bertz CT molecular complexity index is 401. The first-order chi connectivity index (χ1) is 5.68. The normalized spacial score (nSPS) is 10.9. The van der Waals surface area contributed by atoms with Crippen LogP contribution in [0.5, 0.6) is 0 Å². The van der Waals surface area contributed by atoms with Gasteiger partial charge in [-0.2, -0.15) is 0 Å². The zero-order chi connectivity index (χ0) is 8.72. The SMILES string of the molecule is Fc1ccc(Br)c2[nH]c(Cl)nc12. The van der Waals surface area contributed by atoms with Gasteiger partial charge in [0.2, 0.25) is 5.28 Å². The van der Waals surface area contributed by atoms with E-state index < -0.39 is 0 Å². The van der Waals surface area contributed by atoms with Crippen LogP contribution < -0.4 is 0 Å². The molecule has 5 heteroatoms. The Morgan fingerprint density at radius 2 is 2.25 bits per heavy atom. The molecule has 2 nitrogen and oxygen atoms in total. The number of fused-ring (bicyclic) bond motifs is 1. The van der Waals surface area contributed by atoms with E-state index >= 15 is 0 Å². The maximum Gasteiger partial charge on any atom is 0.201 e. The van der Waals surface area contributed by atoms with Gasteiger partial charge in [-0.25, -0.2) is 9.37 Å². The van der Waals surface area contributed by atoms with Crippen LogP contribution in [0.3, 0.4) is 0 Å². The van der Waals surface area contributed by atoms with Gasteiger partial charge in [0.15, 0.2) is 5.82 Å². The molecule has 1 aromatic carbocycles. The summed E-state index contributed by atoms with van der Waals surface area (Å²) in [7, 11) is 0. The van der Waals surface area contributed by atoms with E-state index in [9.17, 15) is 4.39 Å². The topological polar surface area (TPSA) is 28.7 Å². The molecule has 0 amide bonds. The average molecular weight is 249 g/mol. The van der Waals surface area contributed by atoms with Crippen LogP contribution in [0.4, 0.5) is 4.39 Å². The highest BCUT2D eigenvalue weighted by Crippen LogP contribution is 2.25. The number of H-pyrrole nitrogens is 1. The minimum absolute atomic E-state index is 0.191. The molecule has 2 aromatic rings. The van der Waals surface area contributed by atoms with Gasteiger partial charge in [-0.3, -0.25) is 0 Å². The lowest BCUT2D eigenvalue weighted by Crippen LogP contribution is -1.77. The van der Waals surface area contributed by atoms with Crippen molar-refractivity contribution in [3.8, 4) is 0 Å². The fourth-order valence-electron chi connectivity index (χ4n) is 0.999. The number of hydrogen-bond donors (Lipinski definition) is 1. The van der Waals surface area contributed by atoms with Crippen LogP contribution in [-0.2, 0) is 0 Å². The van der Waals surface area contributed by atoms with Crippen LogP contribution >= 0.6 is 27.5 Å². The molecule has 1 N–H and O–H groups in total. The van der Waals surface area contributed by atoms with Crippen LogP contribution in [-0.4, -0.2) is 9.97 Å². The summed E-state index contributed by atoms with van der Waals surface area (Å²) in [4.78, 5) is 6.51. The van der Waals surface area contributed by atoms with Gasteiger partial charge < -0.3 is 4.98 Å². The van der Waals surface area contributed by atoms with Crippen molar-refractivity contribution in [1.82, 2.24) is 9.97 Å². The van der Waals surface area contributed by atoms with Gasteiger partial charge in [0.25, 0.3) is 0 Å². The summed E-state index contributed by atoms with van der Waals surface area (Å²) < 4.78 is 13.8. The number of hydrogen-bond acceptors (Lipinski definition) is 1. The maximum absolute atomic E-state index is 13.0. The molecule has 0 aliphatic heterocycles. The highest BCUT2D eigenvalue weighted by atomic mass is 79.9. The molecule has 1 heterocycles. The average Bonchev–Trinajstić information content (AvgIpc) is 2.41. The lowest BCUT2D eigenvalue weighted by atomic mass is 10.3. The Morgan fingerprint density at radius 1 is 1.50 bits per heavy atom. The summed E-state index contributed by atoms with van der Waals surface area (Å²) in [6.45, 7) is 0. The molecule has 0 unspecified atom stereocenters. The van der Waals surface area contributed by atoms with Crippen molar-refractivity contribution in [2.45, 2.75) is 0 Å². The quantitative estimate of drug-likeness (QED) is 0.763. The third kappa shape index (κ3) is 1.11. The van der Waals surface area contributed by atoms with Crippen molar-refractivity contribution in [1.29, 1.82) is 0 Å². The number of nitrogens with zero attached hydrogens (tertiary/aromatic N) is 1. The summed E-state index contributed by atoms with van der Waals surface area (Å²) in [5.74, 6) is -0.378. The summed E-state index contributed by atoms with van der Waals surface area (Å²) in [6, 6.07) is 2.94. The predicted octanol–water partition coefficient (Wildman–Crippen LogP) is 3.12. The molecule has 0 fully saturated rings. The van der Waals surface area contributed by atoms with Gasteiger partial charge in [0.05, 0.1) is 5.52 Å². The van der Waals surface area contributed by atoms with E-state index in [0.717, 1.165) is 4.47 Å². The van der Waals surface area contributed by atoms with E-state index in [4.69, 9.17) is 11.6 Å². The number of aromatic nitrogens is 2. The van der Waals surface area contributed by atoms with Gasteiger partial charge >= 0.3 is 0 Å². The van der Waals surface area contributed by atoms with Crippen LogP contribution in [0.25, 0.3) is 11.0 Å². The lowest BCUT2D eigenvalue weighted by molar-refractivity contribution is 0.637. The van der Waals surface area contributed by atoms with Crippen molar-refractivity contribution < 1.29 is 4.39 Å². The van der Waals surface area contributed by atoms with Crippen LogP contribution in [0, 0.1) is 5.82 Å². The van der Waals surface area contributed by atoms with Gasteiger partial charge in [-0.05, 0) is 39.7 Å². The van der Waals surface area contributed by atoms with E-state index in [1.807, 2.05) is 0 Å². The Labute approximate surface area is 80.9 Å². The molecule has 0 saturated heterocycles. The first-order valence-corrected chi connectivity index (χ1v) is 4.35. The zero-order valence-electron chi connectivity index (χ0n) is 5.74. The number of aromatic amines is 1. The maximum atomic E-state index is 13.0. The number of benzene rings is 1. The molecule has 0 atom stereocenters. The number of nitrogens with one attached hydrogen (secondary N) is 1. The van der Waals surface area contributed by atoms with E-state index in [-0.39, 0.29) is 16.6 Å². The third-order valence-corrected chi connectivity index (χ3v) is 2.36. The second kappa shape index (κ2) is 2.71. The molecule has 0 spiro atoms. The monoisotopic (exact) mass is 248 g/mol. The molecule has 62 valence electrons. The molecular weight excluding hydrogens is 246 g/mol. The molecule has 12 heavy (non-hydrogen) atoms.